The molecular formula is C15H30O5. The Morgan fingerprint density at radius 2 is 1.55 bits per heavy atom. The van der Waals surface area contributed by atoms with Crippen LogP contribution >= 0.6 is 0 Å². The van der Waals surface area contributed by atoms with Crippen LogP contribution in [0.1, 0.15) is 32.6 Å². The van der Waals surface area contributed by atoms with Gasteiger partial charge >= 0.3 is 0 Å². The first kappa shape index (κ1) is 17.9. The minimum atomic E-state index is -0.01000. The Kier molecular flexibility index (Phi) is 12.3. The third-order valence-corrected chi connectivity index (χ3v) is 3.07. The minimum absolute atomic E-state index is 0.01000. The lowest BCUT2D eigenvalue weighted by molar-refractivity contribution is -0.0903. The summed E-state index contributed by atoms with van der Waals surface area (Å²) < 4.78 is 27.7. The molecule has 1 atom stereocenters. The smallest absolute Gasteiger partial charge is 0.104 e. The zero-order valence-electron chi connectivity index (χ0n) is 12.8. The van der Waals surface area contributed by atoms with Gasteiger partial charge < -0.3 is 23.7 Å². The molecule has 0 saturated carbocycles. The van der Waals surface area contributed by atoms with Crippen LogP contribution in [0.15, 0.2) is 0 Å². The molecule has 1 aliphatic heterocycles. The van der Waals surface area contributed by atoms with Gasteiger partial charge in [0.25, 0.3) is 0 Å². The van der Waals surface area contributed by atoms with Crippen molar-refractivity contribution in [3.8, 4) is 0 Å². The highest BCUT2D eigenvalue weighted by atomic mass is 16.6. The summed E-state index contributed by atoms with van der Waals surface area (Å²) >= 11 is 0. The van der Waals surface area contributed by atoms with E-state index in [1.54, 1.807) is 0 Å². The molecule has 1 aliphatic rings. The van der Waals surface area contributed by atoms with Gasteiger partial charge in [0, 0.05) is 6.61 Å². The molecule has 120 valence electrons. The Morgan fingerprint density at radius 3 is 2.30 bits per heavy atom. The summed E-state index contributed by atoms with van der Waals surface area (Å²) in [6.07, 6.45) is 4.89. The Balaban J connectivity index is 2.08. The number of hydrogen-bond donors (Lipinski definition) is 0. The first-order valence-corrected chi connectivity index (χ1v) is 7.86. The highest BCUT2D eigenvalue weighted by Gasteiger charge is 2.10. The fraction of sp³-hybridized carbons (Fsp3) is 1.00. The molecule has 0 spiro atoms. The number of rotatable bonds is 7. The van der Waals surface area contributed by atoms with Crippen molar-refractivity contribution in [1.29, 1.82) is 0 Å². The van der Waals surface area contributed by atoms with Crippen LogP contribution in [0, 0.1) is 0 Å². The van der Waals surface area contributed by atoms with E-state index in [4.69, 9.17) is 23.7 Å². The molecule has 0 aromatic carbocycles. The molecule has 0 N–H and O–H groups in total. The lowest BCUT2D eigenvalue weighted by Crippen LogP contribution is -2.29. The first-order chi connectivity index (χ1) is 9.93. The molecule has 0 aromatic heterocycles. The monoisotopic (exact) mass is 290 g/mol. The normalized spacial score (nSPS) is 22.9. The topological polar surface area (TPSA) is 46.2 Å². The average molecular weight is 290 g/mol. The Labute approximate surface area is 122 Å². The number of ether oxygens (including phenoxy) is 5. The van der Waals surface area contributed by atoms with E-state index in [1.165, 1.54) is 19.3 Å². The third kappa shape index (κ3) is 10.6. The van der Waals surface area contributed by atoms with Gasteiger partial charge in [-0.2, -0.15) is 0 Å². The fourth-order valence-electron chi connectivity index (χ4n) is 1.92. The van der Waals surface area contributed by atoms with Gasteiger partial charge in [-0.05, 0) is 6.42 Å². The quantitative estimate of drug-likeness (QED) is 0.671. The summed E-state index contributed by atoms with van der Waals surface area (Å²) in [7, 11) is 0. The highest BCUT2D eigenvalue weighted by Crippen LogP contribution is 2.01. The zero-order valence-corrected chi connectivity index (χ0v) is 12.8. The number of hydrogen-bond acceptors (Lipinski definition) is 5. The van der Waals surface area contributed by atoms with Gasteiger partial charge in [0.1, 0.15) is 6.10 Å². The van der Waals surface area contributed by atoms with E-state index >= 15 is 0 Å². The SMILES string of the molecule is CCCCCCOCC1COCCOCCOCCO1. The Morgan fingerprint density at radius 1 is 0.850 bits per heavy atom. The van der Waals surface area contributed by atoms with Crippen molar-refractivity contribution in [1.82, 2.24) is 0 Å². The van der Waals surface area contributed by atoms with Crippen LogP contribution in [-0.2, 0) is 23.7 Å². The highest BCUT2D eigenvalue weighted by molar-refractivity contribution is 4.56. The molecule has 5 nitrogen and oxygen atoms in total. The zero-order chi connectivity index (χ0) is 14.3. The van der Waals surface area contributed by atoms with Gasteiger partial charge in [0.05, 0.1) is 52.9 Å². The van der Waals surface area contributed by atoms with Gasteiger partial charge in [0.15, 0.2) is 0 Å². The van der Waals surface area contributed by atoms with Crippen molar-refractivity contribution < 1.29 is 23.7 Å². The van der Waals surface area contributed by atoms with Gasteiger partial charge in [-0.25, -0.2) is 0 Å². The molecule has 0 amide bonds. The van der Waals surface area contributed by atoms with Crippen molar-refractivity contribution in [2.45, 2.75) is 38.7 Å². The van der Waals surface area contributed by atoms with E-state index in [0.717, 1.165) is 13.0 Å². The Hall–Kier alpha value is -0.200. The predicted molar refractivity (Wildman–Crippen MR) is 77.2 cm³/mol. The van der Waals surface area contributed by atoms with Gasteiger partial charge in [-0.3, -0.25) is 0 Å². The van der Waals surface area contributed by atoms with Gasteiger partial charge in [-0.1, -0.05) is 26.2 Å². The summed E-state index contributed by atoms with van der Waals surface area (Å²) in [4.78, 5) is 0. The molecule has 0 aromatic rings. The third-order valence-electron chi connectivity index (χ3n) is 3.07. The summed E-state index contributed by atoms with van der Waals surface area (Å²) in [5.74, 6) is 0. The van der Waals surface area contributed by atoms with Crippen LogP contribution in [0.2, 0.25) is 0 Å². The largest absolute Gasteiger partial charge is 0.379 e. The average Bonchev–Trinajstić information content (AvgIpc) is 2.45. The van der Waals surface area contributed by atoms with E-state index in [-0.39, 0.29) is 6.10 Å². The predicted octanol–water partition coefficient (Wildman–Crippen LogP) is 2.03. The summed E-state index contributed by atoms with van der Waals surface area (Å²) in [6, 6.07) is 0. The Bertz CT molecular complexity index is 189. The van der Waals surface area contributed by atoms with Crippen molar-refractivity contribution in [2.24, 2.45) is 0 Å². The van der Waals surface area contributed by atoms with Crippen molar-refractivity contribution in [3.05, 3.63) is 0 Å². The van der Waals surface area contributed by atoms with Gasteiger partial charge in [0.2, 0.25) is 0 Å². The molecule has 1 heterocycles. The molecule has 20 heavy (non-hydrogen) atoms. The van der Waals surface area contributed by atoms with E-state index < -0.39 is 0 Å². The minimum Gasteiger partial charge on any atom is -0.379 e. The van der Waals surface area contributed by atoms with E-state index in [1.807, 2.05) is 0 Å². The molecule has 0 radical (unpaired) electrons. The summed E-state index contributed by atoms with van der Waals surface area (Å²) in [5.41, 5.74) is 0. The van der Waals surface area contributed by atoms with Crippen molar-refractivity contribution in [2.75, 3.05) is 59.5 Å². The molecule has 1 saturated heterocycles. The van der Waals surface area contributed by atoms with Crippen molar-refractivity contribution in [3.63, 3.8) is 0 Å². The van der Waals surface area contributed by atoms with Crippen LogP contribution in [0.3, 0.4) is 0 Å². The lowest BCUT2D eigenvalue weighted by atomic mass is 10.2. The van der Waals surface area contributed by atoms with E-state index in [2.05, 4.69) is 6.92 Å². The van der Waals surface area contributed by atoms with Crippen LogP contribution in [0.5, 0.6) is 0 Å². The van der Waals surface area contributed by atoms with Gasteiger partial charge in [-0.15, -0.1) is 0 Å². The van der Waals surface area contributed by atoms with E-state index in [0.29, 0.717) is 52.9 Å². The second-order valence-corrected chi connectivity index (χ2v) is 4.93. The molecule has 1 unspecified atom stereocenters. The van der Waals surface area contributed by atoms with Crippen LogP contribution in [0.25, 0.3) is 0 Å². The molecule has 0 bridgehead atoms. The van der Waals surface area contributed by atoms with Crippen LogP contribution < -0.4 is 0 Å². The maximum Gasteiger partial charge on any atom is 0.104 e. The standard InChI is InChI=1S/C15H30O5/c1-2-3-4-5-6-18-13-15-14-19-10-9-16-7-8-17-11-12-20-15/h15H,2-14H2,1H3. The second kappa shape index (κ2) is 13.8. The molecular weight excluding hydrogens is 260 g/mol. The maximum absolute atomic E-state index is 5.73. The fourth-order valence-corrected chi connectivity index (χ4v) is 1.92. The molecule has 1 fully saturated rings. The second-order valence-electron chi connectivity index (χ2n) is 4.93. The maximum atomic E-state index is 5.73. The van der Waals surface area contributed by atoms with E-state index in [9.17, 15) is 0 Å². The summed E-state index contributed by atoms with van der Waals surface area (Å²) in [5, 5.41) is 0. The molecule has 5 heteroatoms. The number of unbranched alkanes of at least 4 members (excludes halogenated alkanes) is 3. The van der Waals surface area contributed by atoms with Crippen molar-refractivity contribution >= 4 is 0 Å². The molecule has 1 rings (SSSR count). The molecule has 0 aliphatic carbocycles. The summed E-state index contributed by atoms with van der Waals surface area (Å²) in [6.45, 7) is 7.76. The lowest BCUT2D eigenvalue weighted by Gasteiger charge is -2.19. The first-order valence-electron chi connectivity index (χ1n) is 7.86. The van der Waals surface area contributed by atoms with Crippen LogP contribution in [0.4, 0.5) is 0 Å². The van der Waals surface area contributed by atoms with Crippen LogP contribution in [-0.4, -0.2) is 65.6 Å².